The molecular weight excluding hydrogens is 370 g/mol. The number of hydrogen-bond donors (Lipinski definition) is 1. The van der Waals surface area contributed by atoms with Gasteiger partial charge < -0.3 is 24.6 Å². The summed E-state index contributed by atoms with van der Waals surface area (Å²) in [7, 11) is 0. The highest BCUT2D eigenvalue weighted by Gasteiger charge is 2.19. The largest absolute Gasteiger partial charge is 0.494 e. The zero-order chi connectivity index (χ0) is 20.6. The molecule has 2 aromatic carbocycles. The van der Waals surface area contributed by atoms with Gasteiger partial charge in [-0.15, -0.1) is 0 Å². The Labute approximate surface area is 171 Å². The van der Waals surface area contributed by atoms with Gasteiger partial charge in [-0.1, -0.05) is 12.1 Å². The zero-order valence-electron chi connectivity index (χ0n) is 16.9. The van der Waals surface area contributed by atoms with Gasteiger partial charge in [0.1, 0.15) is 12.3 Å². The second-order valence-corrected chi connectivity index (χ2v) is 6.70. The Kier molecular flexibility index (Phi) is 7.08. The molecule has 0 spiro atoms. The van der Waals surface area contributed by atoms with Crippen molar-refractivity contribution in [1.29, 1.82) is 0 Å². The first-order valence-electron chi connectivity index (χ1n) is 9.81. The van der Waals surface area contributed by atoms with Gasteiger partial charge in [0, 0.05) is 25.7 Å². The van der Waals surface area contributed by atoms with E-state index >= 15 is 0 Å². The summed E-state index contributed by atoms with van der Waals surface area (Å²) in [6.07, 6.45) is 0. The Morgan fingerprint density at radius 2 is 1.79 bits per heavy atom. The molecule has 3 rings (SSSR count). The fraction of sp³-hybridized carbons (Fsp3) is 0.364. The topological polar surface area (TPSA) is 71.1 Å². The van der Waals surface area contributed by atoms with Crippen LogP contribution in [0.1, 0.15) is 13.8 Å². The average Bonchev–Trinajstić information content (AvgIpc) is 2.74. The van der Waals surface area contributed by atoms with Crippen molar-refractivity contribution >= 4 is 28.9 Å². The monoisotopic (exact) mass is 397 g/mol. The van der Waals surface area contributed by atoms with E-state index in [1.165, 1.54) is 11.8 Å². The van der Waals surface area contributed by atoms with E-state index in [0.717, 1.165) is 30.2 Å². The predicted molar refractivity (Wildman–Crippen MR) is 114 cm³/mol. The van der Waals surface area contributed by atoms with Crippen LogP contribution in [0.4, 0.5) is 17.1 Å². The molecule has 1 N–H and O–H groups in total. The third-order valence-corrected chi connectivity index (χ3v) is 4.67. The molecule has 0 atom stereocenters. The molecular formula is C22H27N3O4. The summed E-state index contributed by atoms with van der Waals surface area (Å²) in [5, 5.41) is 2.95. The lowest BCUT2D eigenvalue weighted by Crippen LogP contribution is -2.38. The predicted octanol–water partition coefficient (Wildman–Crippen LogP) is 2.91. The SMILES string of the molecule is CCOc1ccc(N(CC(=O)Nc2ccccc2N2CCOCC2)C(C)=O)cc1. The lowest BCUT2D eigenvalue weighted by Gasteiger charge is -2.30. The van der Waals surface area contributed by atoms with Crippen molar-refractivity contribution in [2.75, 3.05) is 54.6 Å². The molecule has 0 aromatic heterocycles. The van der Waals surface area contributed by atoms with E-state index in [9.17, 15) is 9.59 Å². The fourth-order valence-corrected chi connectivity index (χ4v) is 3.27. The number of carbonyl (C=O) groups excluding carboxylic acids is 2. The highest BCUT2D eigenvalue weighted by Crippen LogP contribution is 2.26. The molecule has 1 heterocycles. The van der Waals surface area contributed by atoms with E-state index in [2.05, 4.69) is 10.2 Å². The van der Waals surface area contributed by atoms with Crippen LogP contribution in [0.15, 0.2) is 48.5 Å². The number of hydrogen-bond acceptors (Lipinski definition) is 5. The molecule has 7 heteroatoms. The van der Waals surface area contributed by atoms with Gasteiger partial charge in [-0.2, -0.15) is 0 Å². The van der Waals surface area contributed by atoms with Gasteiger partial charge in [-0.3, -0.25) is 9.59 Å². The van der Waals surface area contributed by atoms with E-state index in [1.807, 2.05) is 31.2 Å². The van der Waals surface area contributed by atoms with Crippen LogP contribution >= 0.6 is 0 Å². The maximum absolute atomic E-state index is 12.7. The van der Waals surface area contributed by atoms with Crippen LogP contribution in [0.5, 0.6) is 5.75 Å². The van der Waals surface area contributed by atoms with Gasteiger partial charge >= 0.3 is 0 Å². The molecule has 2 aromatic rings. The Bertz CT molecular complexity index is 832. The van der Waals surface area contributed by atoms with Crippen molar-refractivity contribution in [3.63, 3.8) is 0 Å². The van der Waals surface area contributed by atoms with Crippen molar-refractivity contribution in [2.24, 2.45) is 0 Å². The molecule has 1 saturated heterocycles. The molecule has 7 nitrogen and oxygen atoms in total. The molecule has 1 aliphatic heterocycles. The van der Waals surface area contributed by atoms with Crippen LogP contribution in [0.25, 0.3) is 0 Å². The quantitative estimate of drug-likeness (QED) is 0.778. The second-order valence-electron chi connectivity index (χ2n) is 6.70. The average molecular weight is 397 g/mol. The molecule has 29 heavy (non-hydrogen) atoms. The minimum absolute atomic E-state index is 0.0687. The summed E-state index contributed by atoms with van der Waals surface area (Å²) >= 11 is 0. The van der Waals surface area contributed by atoms with Gasteiger partial charge in [0.2, 0.25) is 11.8 Å². The van der Waals surface area contributed by atoms with E-state index in [4.69, 9.17) is 9.47 Å². The summed E-state index contributed by atoms with van der Waals surface area (Å²) in [5.41, 5.74) is 2.34. The maximum atomic E-state index is 12.7. The van der Waals surface area contributed by atoms with Crippen LogP contribution in [-0.4, -0.2) is 51.3 Å². The highest BCUT2D eigenvalue weighted by molar-refractivity contribution is 6.03. The fourth-order valence-electron chi connectivity index (χ4n) is 3.27. The van der Waals surface area contributed by atoms with Crippen LogP contribution in [0.3, 0.4) is 0 Å². The number of carbonyl (C=O) groups is 2. The lowest BCUT2D eigenvalue weighted by molar-refractivity contribution is -0.120. The van der Waals surface area contributed by atoms with E-state index in [1.54, 1.807) is 24.3 Å². The van der Waals surface area contributed by atoms with Gasteiger partial charge in [0.05, 0.1) is 31.2 Å². The number of nitrogens with zero attached hydrogens (tertiary/aromatic N) is 2. The van der Waals surface area contributed by atoms with Crippen LogP contribution < -0.4 is 19.9 Å². The van der Waals surface area contributed by atoms with E-state index in [-0.39, 0.29) is 18.4 Å². The number of morpholine rings is 1. The molecule has 0 bridgehead atoms. The highest BCUT2D eigenvalue weighted by atomic mass is 16.5. The summed E-state index contributed by atoms with van der Waals surface area (Å²) in [4.78, 5) is 28.5. The number of nitrogens with one attached hydrogen (secondary N) is 1. The zero-order valence-corrected chi connectivity index (χ0v) is 16.9. The van der Waals surface area contributed by atoms with Gasteiger partial charge in [-0.25, -0.2) is 0 Å². The van der Waals surface area contributed by atoms with Gasteiger partial charge in [-0.05, 0) is 43.3 Å². The molecule has 2 amide bonds. The van der Waals surface area contributed by atoms with Crippen molar-refractivity contribution in [3.05, 3.63) is 48.5 Å². The van der Waals surface area contributed by atoms with Gasteiger partial charge in [0.25, 0.3) is 0 Å². The molecule has 1 fully saturated rings. The number of rotatable bonds is 7. The second kappa shape index (κ2) is 9.93. The Morgan fingerprint density at radius 3 is 2.45 bits per heavy atom. The maximum Gasteiger partial charge on any atom is 0.244 e. The molecule has 154 valence electrons. The first kappa shape index (κ1) is 20.7. The number of ether oxygens (including phenoxy) is 2. The smallest absolute Gasteiger partial charge is 0.244 e. The van der Waals surface area contributed by atoms with Crippen LogP contribution in [0.2, 0.25) is 0 Å². The molecule has 1 aliphatic rings. The number of para-hydroxylation sites is 2. The van der Waals surface area contributed by atoms with Gasteiger partial charge in [0.15, 0.2) is 0 Å². The van der Waals surface area contributed by atoms with Crippen molar-refractivity contribution in [2.45, 2.75) is 13.8 Å². The molecule has 0 aliphatic carbocycles. The first-order chi connectivity index (χ1) is 14.1. The summed E-state index contributed by atoms with van der Waals surface area (Å²) in [6.45, 7) is 6.75. The Balaban J connectivity index is 1.70. The Hall–Kier alpha value is -3.06. The standard InChI is InChI=1S/C22H27N3O4/c1-3-29-19-10-8-18(9-11-19)25(17(2)26)16-22(27)23-20-6-4-5-7-21(20)24-12-14-28-15-13-24/h4-11H,3,12-16H2,1-2H3,(H,23,27). The van der Waals surface area contributed by atoms with Crippen molar-refractivity contribution in [1.82, 2.24) is 0 Å². The molecule has 0 unspecified atom stereocenters. The number of benzene rings is 2. The minimum atomic E-state index is -0.255. The third-order valence-electron chi connectivity index (χ3n) is 4.67. The van der Waals surface area contributed by atoms with Crippen molar-refractivity contribution in [3.8, 4) is 5.75 Å². The van der Waals surface area contributed by atoms with E-state index < -0.39 is 0 Å². The lowest BCUT2D eigenvalue weighted by atomic mass is 10.2. The Morgan fingerprint density at radius 1 is 1.10 bits per heavy atom. The molecule has 0 saturated carbocycles. The summed E-state index contributed by atoms with van der Waals surface area (Å²) < 4.78 is 10.8. The molecule has 0 radical (unpaired) electrons. The van der Waals surface area contributed by atoms with Crippen LogP contribution in [-0.2, 0) is 14.3 Å². The van der Waals surface area contributed by atoms with E-state index in [0.29, 0.717) is 25.5 Å². The number of amides is 2. The van der Waals surface area contributed by atoms with Crippen molar-refractivity contribution < 1.29 is 19.1 Å². The third kappa shape index (κ3) is 5.48. The minimum Gasteiger partial charge on any atom is -0.494 e. The summed E-state index contributed by atoms with van der Waals surface area (Å²) in [6, 6.07) is 14.8. The van der Waals surface area contributed by atoms with Crippen LogP contribution in [0, 0.1) is 0 Å². The summed E-state index contributed by atoms with van der Waals surface area (Å²) in [5.74, 6) is 0.268. The normalized spacial score (nSPS) is 13.7. The number of anilines is 3. The first-order valence-corrected chi connectivity index (χ1v) is 9.81.